The molecule has 0 spiro atoms. The van der Waals surface area contributed by atoms with Crippen LogP contribution in [-0.4, -0.2) is 12.3 Å². The van der Waals surface area contributed by atoms with Gasteiger partial charge in [0.2, 0.25) is 0 Å². The van der Waals surface area contributed by atoms with Gasteiger partial charge in [-0.1, -0.05) is 5.92 Å². The van der Waals surface area contributed by atoms with Crippen LogP contribution in [0.1, 0.15) is 12.8 Å². The summed E-state index contributed by atoms with van der Waals surface area (Å²) in [4.78, 5) is 3.99. The van der Waals surface area contributed by atoms with Crippen LogP contribution in [0.25, 0.3) is 0 Å². The fraction of sp³-hybridized carbons (Fsp3) is 0.500. The summed E-state index contributed by atoms with van der Waals surface area (Å²) < 4.78 is 0. The van der Waals surface area contributed by atoms with Gasteiger partial charge >= 0.3 is 0 Å². The van der Waals surface area contributed by atoms with Crippen LogP contribution in [0.2, 0.25) is 0 Å². The second-order valence-electron chi connectivity index (χ2n) is 1.59. The predicted molar refractivity (Wildman–Crippen MR) is 30.3 cm³/mol. The fourth-order valence-corrected chi connectivity index (χ4v) is 0.635. The number of nitrogens with zero attached hydrogens (tertiary/aromatic N) is 1. The van der Waals surface area contributed by atoms with E-state index in [2.05, 4.69) is 10.9 Å². The Morgan fingerprint density at radius 2 is 2.71 bits per heavy atom. The molecule has 1 atom stereocenters. The van der Waals surface area contributed by atoms with Gasteiger partial charge < -0.3 is 0 Å². The topological polar surface area (TPSA) is 12.4 Å². The Hall–Kier alpha value is -0.770. The number of rotatable bonds is 0. The lowest BCUT2D eigenvalue weighted by molar-refractivity contribution is 0.831. The third kappa shape index (κ3) is 0.806. The SMILES string of the molecule is C#CC1CCC=N1. The second kappa shape index (κ2) is 1.79. The largest absolute Gasteiger partial charge is 0.281 e. The van der Waals surface area contributed by atoms with Gasteiger partial charge in [-0.25, -0.2) is 0 Å². The van der Waals surface area contributed by atoms with E-state index in [0.29, 0.717) is 0 Å². The Morgan fingerprint density at radius 3 is 3.00 bits per heavy atom. The van der Waals surface area contributed by atoms with Gasteiger partial charge in [0.1, 0.15) is 6.04 Å². The molecule has 0 N–H and O–H groups in total. The molecule has 0 aromatic carbocycles. The predicted octanol–water partition coefficient (Wildman–Crippen LogP) is 0.853. The van der Waals surface area contributed by atoms with Crippen LogP contribution in [0.5, 0.6) is 0 Å². The molecule has 1 heterocycles. The fourth-order valence-electron chi connectivity index (χ4n) is 0.635. The normalized spacial score (nSPS) is 27.6. The summed E-state index contributed by atoms with van der Waals surface area (Å²) in [7, 11) is 0. The van der Waals surface area contributed by atoms with Crippen molar-refractivity contribution in [3.05, 3.63) is 0 Å². The molecule has 0 saturated heterocycles. The summed E-state index contributed by atoms with van der Waals surface area (Å²) in [5, 5.41) is 0. The van der Waals surface area contributed by atoms with Gasteiger partial charge in [-0.3, -0.25) is 4.99 Å². The highest BCUT2D eigenvalue weighted by Gasteiger charge is 2.03. The first kappa shape index (κ1) is 4.39. The molecule has 1 unspecified atom stereocenters. The molecule has 7 heavy (non-hydrogen) atoms. The molecule has 0 fully saturated rings. The van der Waals surface area contributed by atoms with Crippen molar-refractivity contribution in [2.45, 2.75) is 18.9 Å². The van der Waals surface area contributed by atoms with Crippen LogP contribution in [0.3, 0.4) is 0 Å². The maximum absolute atomic E-state index is 5.07. The molecule has 0 amide bonds. The maximum atomic E-state index is 5.07. The van der Waals surface area contributed by atoms with E-state index in [9.17, 15) is 0 Å². The van der Waals surface area contributed by atoms with Crippen molar-refractivity contribution in [2.75, 3.05) is 0 Å². The van der Waals surface area contributed by atoms with E-state index < -0.39 is 0 Å². The highest BCUT2D eigenvalue weighted by molar-refractivity contribution is 5.60. The van der Waals surface area contributed by atoms with Crippen molar-refractivity contribution >= 4 is 6.21 Å². The second-order valence-corrected chi connectivity index (χ2v) is 1.59. The van der Waals surface area contributed by atoms with Crippen molar-refractivity contribution < 1.29 is 0 Å². The molecule has 0 aromatic heterocycles. The van der Waals surface area contributed by atoms with E-state index in [0.717, 1.165) is 12.8 Å². The molecule has 0 aromatic rings. The monoisotopic (exact) mass is 93.1 g/mol. The zero-order valence-electron chi connectivity index (χ0n) is 4.09. The third-order valence-corrected chi connectivity index (χ3v) is 1.05. The third-order valence-electron chi connectivity index (χ3n) is 1.05. The molecule has 1 aliphatic heterocycles. The highest BCUT2D eigenvalue weighted by atomic mass is 14.8. The van der Waals surface area contributed by atoms with E-state index in [1.54, 1.807) is 0 Å². The zero-order chi connectivity index (χ0) is 5.11. The molecule has 0 bridgehead atoms. The van der Waals surface area contributed by atoms with Gasteiger partial charge in [0.15, 0.2) is 0 Å². The van der Waals surface area contributed by atoms with Gasteiger partial charge in [-0.15, -0.1) is 6.42 Å². The van der Waals surface area contributed by atoms with Crippen molar-refractivity contribution in [1.82, 2.24) is 0 Å². The Balaban J connectivity index is 2.47. The average Bonchev–Trinajstić information content (AvgIpc) is 2.14. The molecule has 1 aliphatic rings. The smallest absolute Gasteiger partial charge is 0.110 e. The minimum atomic E-state index is 0.194. The summed E-state index contributed by atoms with van der Waals surface area (Å²) in [6.07, 6.45) is 9.08. The van der Waals surface area contributed by atoms with E-state index in [1.165, 1.54) is 0 Å². The number of hydrogen-bond donors (Lipinski definition) is 0. The maximum Gasteiger partial charge on any atom is 0.110 e. The number of hydrogen-bond acceptors (Lipinski definition) is 1. The molecule has 0 aliphatic carbocycles. The lowest BCUT2D eigenvalue weighted by atomic mass is 10.2. The van der Waals surface area contributed by atoms with Crippen LogP contribution in [0, 0.1) is 12.3 Å². The van der Waals surface area contributed by atoms with Crippen molar-refractivity contribution in [3.8, 4) is 12.3 Å². The first-order valence-electron chi connectivity index (χ1n) is 2.41. The van der Waals surface area contributed by atoms with Gasteiger partial charge in [-0.2, -0.15) is 0 Å². The van der Waals surface area contributed by atoms with Crippen molar-refractivity contribution in [2.24, 2.45) is 4.99 Å². The van der Waals surface area contributed by atoms with Gasteiger partial charge in [0.25, 0.3) is 0 Å². The summed E-state index contributed by atoms with van der Waals surface area (Å²) >= 11 is 0. The van der Waals surface area contributed by atoms with Crippen LogP contribution < -0.4 is 0 Å². The minimum absolute atomic E-state index is 0.194. The van der Waals surface area contributed by atoms with Crippen molar-refractivity contribution in [1.29, 1.82) is 0 Å². The zero-order valence-corrected chi connectivity index (χ0v) is 4.09. The van der Waals surface area contributed by atoms with Crippen LogP contribution in [-0.2, 0) is 0 Å². The van der Waals surface area contributed by atoms with Crippen LogP contribution in [0.15, 0.2) is 4.99 Å². The molecule has 1 rings (SSSR count). The highest BCUT2D eigenvalue weighted by Crippen LogP contribution is 2.04. The first-order valence-corrected chi connectivity index (χ1v) is 2.41. The Morgan fingerprint density at radius 1 is 1.86 bits per heavy atom. The summed E-state index contributed by atoms with van der Waals surface area (Å²) in [6.45, 7) is 0. The minimum Gasteiger partial charge on any atom is -0.281 e. The van der Waals surface area contributed by atoms with E-state index in [4.69, 9.17) is 6.42 Å². The van der Waals surface area contributed by atoms with E-state index in [-0.39, 0.29) is 6.04 Å². The molecule has 1 nitrogen and oxygen atoms in total. The molecule has 0 saturated carbocycles. The van der Waals surface area contributed by atoms with Gasteiger partial charge in [0.05, 0.1) is 0 Å². The first-order chi connectivity index (χ1) is 3.43. The summed E-state index contributed by atoms with van der Waals surface area (Å²) in [5.74, 6) is 2.57. The molecule has 0 radical (unpaired) electrons. The molecular formula is C6H7N. The average molecular weight is 93.1 g/mol. The molecule has 36 valence electrons. The quantitative estimate of drug-likeness (QED) is 0.394. The summed E-state index contributed by atoms with van der Waals surface area (Å²) in [6, 6.07) is 0.194. The van der Waals surface area contributed by atoms with Crippen molar-refractivity contribution in [3.63, 3.8) is 0 Å². The van der Waals surface area contributed by atoms with Crippen LogP contribution in [0.4, 0.5) is 0 Å². The lowest BCUT2D eigenvalue weighted by Gasteiger charge is -1.88. The lowest BCUT2D eigenvalue weighted by Crippen LogP contribution is -1.90. The molecule has 1 heteroatoms. The number of aliphatic imine (C=N–C) groups is 1. The van der Waals surface area contributed by atoms with Crippen LogP contribution >= 0.6 is 0 Å². The van der Waals surface area contributed by atoms with Gasteiger partial charge in [0, 0.05) is 6.21 Å². The summed E-state index contributed by atoms with van der Waals surface area (Å²) in [5.41, 5.74) is 0. The number of terminal acetylenes is 1. The Kier molecular flexibility index (Phi) is 1.12. The Labute approximate surface area is 43.5 Å². The van der Waals surface area contributed by atoms with Gasteiger partial charge in [-0.05, 0) is 12.8 Å². The molecular weight excluding hydrogens is 86.1 g/mol. The van der Waals surface area contributed by atoms with E-state index in [1.807, 2.05) is 6.21 Å². The Bertz CT molecular complexity index is 119. The standard InChI is InChI=1S/C6H7N/c1-2-6-4-3-5-7-6/h1,5-6H,3-4H2. The van der Waals surface area contributed by atoms with E-state index >= 15 is 0 Å².